The summed E-state index contributed by atoms with van der Waals surface area (Å²) in [5.41, 5.74) is -0.964. The highest BCUT2D eigenvalue weighted by Gasteiger charge is 2.28. The lowest BCUT2D eigenvalue weighted by molar-refractivity contribution is -0.384. The molecule has 0 radical (unpaired) electrons. The molecule has 0 aliphatic heterocycles. The second kappa shape index (κ2) is 8.81. The van der Waals surface area contributed by atoms with E-state index in [0.29, 0.717) is 5.69 Å². The molecule has 0 saturated carbocycles. The summed E-state index contributed by atoms with van der Waals surface area (Å²) in [6, 6.07) is 3.66. The topological polar surface area (TPSA) is 120 Å². The number of ether oxygens (including phenoxy) is 2. The largest absolute Gasteiger partial charge is 0.458 e. The lowest BCUT2D eigenvalue weighted by atomic mass is 10.1. The Bertz CT molecular complexity index is 674. The molecule has 1 aromatic rings. The molecule has 0 spiro atoms. The molecule has 2 N–H and O–H groups in total. The fourth-order valence-corrected chi connectivity index (χ4v) is 1.87. The van der Waals surface area contributed by atoms with Crippen LogP contribution in [0, 0.1) is 10.1 Å². The molecular formula is C18H27N3O6. The van der Waals surface area contributed by atoms with Gasteiger partial charge in [-0.2, -0.15) is 0 Å². The summed E-state index contributed by atoms with van der Waals surface area (Å²) >= 11 is 0. The van der Waals surface area contributed by atoms with Crippen LogP contribution in [0.4, 0.5) is 16.2 Å². The van der Waals surface area contributed by atoms with Gasteiger partial charge in [0, 0.05) is 17.8 Å². The van der Waals surface area contributed by atoms with Crippen molar-refractivity contribution < 1.29 is 24.0 Å². The number of hydrogen-bond acceptors (Lipinski definition) is 6. The molecule has 9 heteroatoms. The number of esters is 1. The van der Waals surface area contributed by atoms with Crippen LogP contribution in [0.1, 0.15) is 41.5 Å². The number of nitrogens with one attached hydrogen (secondary N) is 2. The van der Waals surface area contributed by atoms with Crippen LogP contribution in [-0.2, 0) is 14.3 Å². The lowest BCUT2D eigenvalue weighted by Gasteiger charge is -2.27. The van der Waals surface area contributed by atoms with Gasteiger partial charge in [0.15, 0.2) is 6.04 Å². The third-order valence-electron chi connectivity index (χ3n) is 3.02. The van der Waals surface area contributed by atoms with Gasteiger partial charge in [0.1, 0.15) is 5.60 Å². The number of carbonyl (C=O) groups is 2. The normalized spacial score (nSPS) is 12.8. The number of carbonyl (C=O) groups excluding carboxylic acids is 2. The van der Waals surface area contributed by atoms with Gasteiger partial charge in [0.2, 0.25) is 0 Å². The van der Waals surface area contributed by atoms with E-state index in [9.17, 15) is 19.7 Å². The molecule has 0 aliphatic carbocycles. The number of anilines is 1. The first-order valence-corrected chi connectivity index (χ1v) is 8.46. The first-order valence-electron chi connectivity index (χ1n) is 8.46. The Balaban J connectivity index is 2.78. The summed E-state index contributed by atoms with van der Waals surface area (Å²) in [5, 5.41) is 15.7. The molecule has 0 saturated heterocycles. The van der Waals surface area contributed by atoms with Crippen LogP contribution in [0.5, 0.6) is 0 Å². The minimum Gasteiger partial charge on any atom is -0.458 e. The highest BCUT2D eigenvalue weighted by Crippen LogP contribution is 2.16. The van der Waals surface area contributed by atoms with Crippen molar-refractivity contribution in [3.05, 3.63) is 34.4 Å². The predicted octanol–water partition coefficient (Wildman–Crippen LogP) is 3.24. The number of nitrogens with zero attached hydrogens (tertiary/aromatic N) is 1. The van der Waals surface area contributed by atoms with Gasteiger partial charge in [0.05, 0.1) is 17.1 Å². The van der Waals surface area contributed by atoms with Gasteiger partial charge in [-0.05, 0) is 53.7 Å². The summed E-state index contributed by atoms with van der Waals surface area (Å²) in [6.45, 7) is 10.6. The summed E-state index contributed by atoms with van der Waals surface area (Å²) in [4.78, 5) is 34.7. The molecule has 0 bridgehead atoms. The maximum Gasteiger partial charge on any atom is 0.331 e. The Morgan fingerprint density at radius 3 is 2.07 bits per heavy atom. The molecular weight excluding hydrogens is 354 g/mol. The van der Waals surface area contributed by atoms with Gasteiger partial charge in [-0.3, -0.25) is 10.1 Å². The Morgan fingerprint density at radius 1 is 1.07 bits per heavy atom. The smallest absolute Gasteiger partial charge is 0.331 e. The van der Waals surface area contributed by atoms with Crippen LogP contribution >= 0.6 is 0 Å². The molecule has 0 fully saturated rings. The molecule has 2 amide bonds. The quantitative estimate of drug-likeness (QED) is 0.443. The maximum atomic E-state index is 12.4. The Labute approximate surface area is 158 Å². The van der Waals surface area contributed by atoms with E-state index in [1.165, 1.54) is 24.3 Å². The number of amides is 2. The fourth-order valence-electron chi connectivity index (χ4n) is 1.87. The van der Waals surface area contributed by atoms with Gasteiger partial charge in [-0.15, -0.1) is 0 Å². The van der Waals surface area contributed by atoms with Crippen LogP contribution in [0.3, 0.4) is 0 Å². The highest BCUT2D eigenvalue weighted by molar-refractivity contribution is 5.92. The molecule has 1 atom stereocenters. The highest BCUT2D eigenvalue weighted by atomic mass is 16.6. The second-order valence-corrected chi connectivity index (χ2v) is 7.91. The number of nitro benzene ring substituents is 1. The van der Waals surface area contributed by atoms with Gasteiger partial charge < -0.3 is 20.1 Å². The van der Waals surface area contributed by atoms with Crippen molar-refractivity contribution in [1.29, 1.82) is 0 Å². The van der Waals surface area contributed by atoms with E-state index in [0.717, 1.165) is 0 Å². The zero-order valence-electron chi connectivity index (χ0n) is 16.5. The molecule has 0 aromatic heterocycles. The molecule has 0 heterocycles. The third kappa shape index (κ3) is 9.00. The first-order chi connectivity index (χ1) is 12.3. The van der Waals surface area contributed by atoms with Gasteiger partial charge >= 0.3 is 12.0 Å². The summed E-state index contributed by atoms with van der Waals surface area (Å²) in [7, 11) is 0. The van der Waals surface area contributed by atoms with Gasteiger partial charge in [-0.1, -0.05) is 0 Å². The van der Waals surface area contributed by atoms with Crippen LogP contribution in [0.25, 0.3) is 0 Å². The van der Waals surface area contributed by atoms with Crippen molar-refractivity contribution >= 4 is 23.4 Å². The van der Waals surface area contributed by atoms with Crippen LogP contribution in [-0.4, -0.2) is 40.8 Å². The number of rotatable bonds is 6. The van der Waals surface area contributed by atoms with Crippen molar-refractivity contribution in [2.45, 2.75) is 58.8 Å². The van der Waals surface area contributed by atoms with Crippen LogP contribution in [0.2, 0.25) is 0 Å². The van der Waals surface area contributed by atoms with Crippen LogP contribution < -0.4 is 10.6 Å². The zero-order valence-corrected chi connectivity index (χ0v) is 16.5. The number of urea groups is 1. The SMILES string of the molecule is CC(C)(C)OCC(NC(=O)Nc1ccc([N+](=O)[O-])cc1)C(=O)OC(C)(C)C. The predicted molar refractivity (Wildman–Crippen MR) is 101 cm³/mol. The Morgan fingerprint density at radius 2 is 1.63 bits per heavy atom. The van der Waals surface area contributed by atoms with Crippen molar-refractivity contribution in [2.75, 3.05) is 11.9 Å². The monoisotopic (exact) mass is 381 g/mol. The molecule has 0 aliphatic rings. The molecule has 1 rings (SSSR count). The molecule has 9 nitrogen and oxygen atoms in total. The standard InChI is InChI=1S/C18H27N3O6/c1-17(2,3)26-11-14(15(22)27-18(4,5)6)20-16(23)19-12-7-9-13(10-8-12)21(24)25/h7-10,14H,11H2,1-6H3,(H2,19,20,23). The van der Waals surface area contributed by atoms with E-state index >= 15 is 0 Å². The Kier molecular flexibility index (Phi) is 7.29. The van der Waals surface area contributed by atoms with Gasteiger partial charge in [0.25, 0.3) is 5.69 Å². The lowest BCUT2D eigenvalue weighted by Crippen LogP contribution is -2.49. The average molecular weight is 381 g/mol. The zero-order chi connectivity index (χ0) is 20.8. The molecule has 1 aromatic carbocycles. The van der Waals surface area contributed by atoms with Gasteiger partial charge in [-0.25, -0.2) is 9.59 Å². The van der Waals surface area contributed by atoms with E-state index < -0.39 is 34.2 Å². The van der Waals surface area contributed by atoms with E-state index in [1.54, 1.807) is 20.8 Å². The number of benzene rings is 1. The maximum absolute atomic E-state index is 12.4. The van der Waals surface area contributed by atoms with E-state index in [4.69, 9.17) is 9.47 Å². The second-order valence-electron chi connectivity index (χ2n) is 7.91. The van der Waals surface area contributed by atoms with E-state index in [2.05, 4.69) is 10.6 Å². The summed E-state index contributed by atoms with van der Waals surface area (Å²) < 4.78 is 10.9. The van der Waals surface area contributed by atoms with Crippen molar-refractivity contribution in [3.63, 3.8) is 0 Å². The van der Waals surface area contributed by atoms with Crippen LogP contribution in [0.15, 0.2) is 24.3 Å². The van der Waals surface area contributed by atoms with E-state index in [1.807, 2.05) is 20.8 Å². The Hall–Kier alpha value is -2.68. The molecule has 27 heavy (non-hydrogen) atoms. The fraction of sp³-hybridized carbons (Fsp3) is 0.556. The minimum absolute atomic E-state index is 0.0634. The van der Waals surface area contributed by atoms with Crippen molar-refractivity contribution in [1.82, 2.24) is 5.32 Å². The van der Waals surface area contributed by atoms with E-state index in [-0.39, 0.29) is 12.3 Å². The third-order valence-corrected chi connectivity index (χ3v) is 3.02. The first kappa shape index (κ1) is 22.4. The average Bonchev–Trinajstić information content (AvgIpc) is 2.49. The molecule has 1 unspecified atom stereocenters. The number of hydrogen-bond donors (Lipinski definition) is 2. The van der Waals surface area contributed by atoms with Crippen molar-refractivity contribution in [2.24, 2.45) is 0 Å². The minimum atomic E-state index is -1.01. The number of nitro groups is 1. The van der Waals surface area contributed by atoms with Crippen molar-refractivity contribution in [3.8, 4) is 0 Å². The summed E-state index contributed by atoms with van der Waals surface area (Å²) in [5.74, 6) is -0.620. The summed E-state index contributed by atoms with van der Waals surface area (Å²) in [6.07, 6.45) is 0. The number of non-ortho nitro benzene ring substituents is 1. The molecule has 150 valence electrons.